The zero-order chi connectivity index (χ0) is 20.5. The fourth-order valence-electron chi connectivity index (χ4n) is 3.71. The number of benzene rings is 1. The number of hydrogen-bond donors (Lipinski definition) is 1. The molecule has 2 heterocycles. The van der Waals surface area contributed by atoms with Gasteiger partial charge < -0.3 is 10.1 Å². The van der Waals surface area contributed by atoms with Crippen molar-refractivity contribution in [2.24, 2.45) is 5.41 Å². The van der Waals surface area contributed by atoms with E-state index in [0.29, 0.717) is 0 Å². The molecule has 0 aliphatic carbocycles. The molecule has 154 valence electrons. The Kier molecular flexibility index (Phi) is 7.55. The van der Waals surface area contributed by atoms with Crippen molar-refractivity contribution in [1.82, 2.24) is 9.88 Å². The number of carbonyl (C=O) groups excluding carboxylic acids is 1. The Morgan fingerprint density at radius 3 is 2.59 bits per heavy atom. The Morgan fingerprint density at radius 2 is 1.97 bits per heavy atom. The number of hydrogen-bond acceptors (Lipinski definition) is 4. The fraction of sp³-hybridized carbons (Fsp3) is 0.417. The van der Waals surface area contributed by atoms with E-state index in [0.717, 1.165) is 57.1 Å². The first-order valence-electron chi connectivity index (χ1n) is 10.4. The number of ether oxygens (including phenoxy) is 1. The fourth-order valence-corrected chi connectivity index (χ4v) is 3.71. The normalized spacial score (nSPS) is 16.8. The molecular formula is C24H31N3O2. The van der Waals surface area contributed by atoms with E-state index in [-0.39, 0.29) is 11.3 Å². The third kappa shape index (κ3) is 6.51. The molecule has 1 aliphatic heterocycles. The number of aromatic nitrogens is 1. The van der Waals surface area contributed by atoms with Crippen LogP contribution in [0.25, 0.3) is 6.08 Å². The summed E-state index contributed by atoms with van der Waals surface area (Å²) < 4.78 is 5.84. The zero-order valence-electron chi connectivity index (χ0n) is 17.4. The van der Waals surface area contributed by atoms with Gasteiger partial charge in [0.15, 0.2) is 0 Å². The minimum absolute atomic E-state index is 0.0434. The molecule has 0 saturated carbocycles. The van der Waals surface area contributed by atoms with E-state index in [1.807, 2.05) is 36.5 Å². The summed E-state index contributed by atoms with van der Waals surface area (Å²) >= 11 is 0. The largest absolute Gasteiger partial charge is 0.381 e. The predicted molar refractivity (Wildman–Crippen MR) is 117 cm³/mol. The highest BCUT2D eigenvalue weighted by molar-refractivity contribution is 5.88. The summed E-state index contributed by atoms with van der Waals surface area (Å²) in [5.74, 6) is -0.0434. The number of nitrogens with zero attached hydrogens (tertiary/aromatic N) is 2. The summed E-state index contributed by atoms with van der Waals surface area (Å²) in [4.78, 5) is 18.1. The summed E-state index contributed by atoms with van der Waals surface area (Å²) in [6.45, 7) is 8.07. The molecule has 1 aromatic carbocycles. The molecule has 0 unspecified atom stereocenters. The van der Waals surface area contributed by atoms with Crippen molar-refractivity contribution in [3.8, 4) is 0 Å². The molecule has 1 aromatic heterocycles. The number of nitrogens with one attached hydrogen (secondary N) is 1. The molecule has 0 spiro atoms. The van der Waals surface area contributed by atoms with Crippen molar-refractivity contribution in [2.75, 3.05) is 31.6 Å². The Bertz CT molecular complexity index is 795. The summed E-state index contributed by atoms with van der Waals surface area (Å²) in [5.41, 5.74) is 3.17. The number of carbonyl (C=O) groups is 1. The van der Waals surface area contributed by atoms with E-state index in [1.54, 1.807) is 0 Å². The van der Waals surface area contributed by atoms with Crippen LogP contribution in [0.1, 0.15) is 37.9 Å². The smallest absolute Gasteiger partial charge is 0.221 e. The van der Waals surface area contributed by atoms with Gasteiger partial charge in [-0.3, -0.25) is 14.7 Å². The molecule has 5 nitrogen and oxygen atoms in total. The second-order valence-electron chi connectivity index (χ2n) is 7.74. The zero-order valence-corrected chi connectivity index (χ0v) is 17.4. The maximum absolute atomic E-state index is 11.2. The number of pyridine rings is 1. The average molecular weight is 394 g/mol. The highest BCUT2D eigenvalue weighted by Crippen LogP contribution is 2.34. The maximum atomic E-state index is 11.2. The van der Waals surface area contributed by atoms with E-state index < -0.39 is 0 Å². The maximum Gasteiger partial charge on any atom is 0.221 e. The van der Waals surface area contributed by atoms with Crippen LogP contribution >= 0.6 is 0 Å². The lowest BCUT2D eigenvalue weighted by atomic mass is 9.78. The van der Waals surface area contributed by atoms with Crippen LogP contribution in [0.3, 0.4) is 0 Å². The summed E-state index contributed by atoms with van der Waals surface area (Å²) in [5, 5.41) is 2.81. The number of anilines is 1. The molecule has 3 rings (SSSR count). The minimum Gasteiger partial charge on any atom is -0.381 e. The van der Waals surface area contributed by atoms with Gasteiger partial charge in [0.25, 0.3) is 0 Å². The molecule has 2 aromatic rings. The first-order chi connectivity index (χ1) is 14.1. The van der Waals surface area contributed by atoms with Crippen LogP contribution in [-0.4, -0.2) is 42.1 Å². The number of likely N-dealkylation sites (tertiary alicyclic amines) is 1. The van der Waals surface area contributed by atoms with E-state index in [2.05, 4.69) is 46.4 Å². The molecule has 0 atom stereocenters. The molecule has 1 N–H and O–H groups in total. The third-order valence-corrected chi connectivity index (χ3v) is 5.42. The number of rotatable bonds is 8. The van der Waals surface area contributed by atoms with Gasteiger partial charge in [-0.1, -0.05) is 24.3 Å². The summed E-state index contributed by atoms with van der Waals surface area (Å²) in [7, 11) is 0. The van der Waals surface area contributed by atoms with Gasteiger partial charge in [-0.05, 0) is 68.8 Å². The summed E-state index contributed by atoms with van der Waals surface area (Å²) in [6, 6.07) is 14.1. The van der Waals surface area contributed by atoms with Crippen LogP contribution < -0.4 is 5.32 Å². The topological polar surface area (TPSA) is 54.5 Å². The lowest BCUT2D eigenvalue weighted by molar-refractivity contribution is -0.114. The van der Waals surface area contributed by atoms with Crippen LogP contribution in [0.2, 0.25) is 0 Å². The van der Waals surface area contributed by atoms with Crippen molar-refractivity contribution >= 4 is 17.7 Å². The van der Waals surface area contributed by atoms with Crippen molar-refractivity contribution in [1.29, 1.82) is 0 Å². The van der Waals surface area contributed by atoms with Crippen molar-refractivity contribution in [3.63, 3.8) is 0 Å². The van der Waals surface area contributed by atoms with Gasteiger partial charge in [0.1, 0.15) is 0 Å². The predicted octanol–water partition coefficient (Wildman–Crippen LogP) is 4.37. The quantitative estimate of drug-likeness (QED) is 0.723. The molecule has 1 aliphatic rings. The minimum atomic E-state index is -0.0434. The lowest BCUT2D eigenvalue weighted by Crippen LogP contribution is -2.41. The highest BCUT2D eigenvalue weighted by Gasteiger charge is 2.32. The molecule has 0 radical (unpaired) electrons. The van der Waals surface area contributed by atoms with Crippen LogP contribution in [0.15, 0.2) is 54.7 Å². The van der Waals surface area contributed by atoms with Gasteiger partial charge in [-0.15, -0.1) is 0 Å². The molecule has 1 fully saturated rings. The number of amides is 1. The molecule has 1 amide bonds. The van der Waals surface area contributed by atoms with Gasteiger partial charge in [0.2, 0.25) is 5.91 Å². The molecule has 1 saturated heterocycles. The lowest BCUT2D eigenvalue weighted by Gasteiger charge is -2.40. The third-order valence-electron chi connectivity index (χ3n) is 5.42. The van der Waals surface area contributed by atoms with Crippen LogP contribution in [0.4, 0.5) is 5.69 Å². The first kappa shape index (κ1) is 21.2. The highest BCUT2D eigenvalue weighted by atomic mass is 16.5. The van der Waals surface area contributed by atoms with Gasteiger partial charge in [0, 0.05) is 37.4 Å². The Balaban J connectivity index is 1.59. The van der Waals surface area contributed by atoms with E-state index in [1.165, 1.54) is 12.5 Å². The first-order valence-corrected chi connectivity index (χ1v) is 10.4. The second kappa shape index (κ2) is 10.3. The van der Waals surface area contributed by atoms with Crippen LogP contribution in [-0.2, 0) is 16.1 Å². The van der Waals surface area contributed by atoms with Crippen molar-refractivity contribution in [3.05, 3.63) is 66.0 Å². The standard InChI is InChI=1S/C24H31N3O2/c1-3-29-19-24(12-11-22-6-4-5-15-25-22)13-16-27(17-14-24)18-21-7-9-23(10-8-21)26-20(2)28/h4-12,15H,3,13-14,16-19H2,1-2H3,(H,26,28). The molecule has 0 bridgehead atoms. The monoisotopic (exact) mass is 393 g/mol. The molecular weight excluding hydrogens is 362 g/mol. The van der Waals surface area contributed by atoms with Crippen molar-refractivity contribution in [2.45, 2.75) is 33.2 Å². The molecule has 29 heavy (non-hydrogen) atoms. The molecule has 5 heteroatoms. The van der Waals surface area contributed by atoms with Gasteiger partial charge in [-0.25, -0.2) is 0 Å². The van der Waals surface area contributed by atoms with E-state index >= 15 is 0 Å². The van der Waals surface area contributed by atoms with E-state index in [9.17, 15) is 4.79 Å². The Hall–Kier alpha value is -2.50. The summed E-state index contributed by atoms with van der Waals surface area (Å²) in [6.07, 6.45) is 8.41. The van der Waals surface area contributed by atoms with Crippen LogP contribution in [0, 0.1) is 5.41 Å². The SMILES string of the molecule is CCOCC1(C=Cc2ccccn2)CCN(Cc2ccc(NC(C)=O)cc2)CC1. The van der Waals surface area contributed by atoms with Gasteiger partial charge >= 0.3 is 0 Å². The number of piperidine rings is 1. The Labute approximate surface area is 173 Å². The van der Waals surface area contributed by atoms with E-state index in [4.69, 9.17) is 4.74 Å². The average Bonchev–Trinajstić information content (AvgIpc) is 2.74. The van der Waals surface area contributed by atoms with Crippen LogP contribution in [0.5, 0.6) is 0 Å². The second-order valence-corrected chi connectivity index (χ2v) is 7.74. The Morgan fingerprint density at radius 1 is 1.21 bits per heavy atom. The van der Waals surface area contributed by atoms with Gasteiger partial charge in [0.05, 0.1) is 12.3 Å². The van der Waals surface area contributed by atoms with Gasteiger partial charge in [-0.2, -0.15) is 0 Å². The van der Waals surface area contributed by atoms with Crippen molar-refractivity contribution < 1.29 is 9.53 Å².